The van der Waals surface area contributed by atoms with Crippen LogP contribution in [0.3, 0.4) is 0 Å². The van der Waals surface area contributed by atoms with E-state index in [1.807, 2.05) is 0 Å². The van der Waals surface area contributed by atoms with E-state index < -0.39 is 10.2 Å². The Morgan fingerprint density at radius 3 is 2.47 bits per heavy atom. The molecular formula is C11H25N3O2S. The summed E-state index contributed by atoms with van der Waals surface area (Å²) in [5, 5.41) is 0. The molecule has 0 bridgehead atoms. The molecule has 0 aromatic heterocycles. The summed E-state index contributed by atoms with van der Waals surface area (Å²) in [7, 11) is -3.25. The van der Waals surface area contributed by atoms with E-state index >= 15 is 0 Å². The molecular weight excluding hydrogens is 238 g/mol. The lowest BCUT2D eigenvalue weighted by molar-refractivity contribution is 0.276. The summed E-state index contributed by atoms with van der Waals surface area (Å²) in [6.45, 7) is 4.52. The van der Waals surface area contributed by atoms with Crippen molar-refractivity contribution in [2.24, 2.45) is 11.7 Å². The molecule has 6 heteroatoms. The van der Waals surface area contributed by atoms with Gasteiger partial charge in [-0.2, -0.15) is 12.7 Å². The minimum atomic E-state index is -3.25. The summed E-state index contributed by atoms with van der Waals surface area (Å²) in [5.74, 6) is 0.488. The molecule has 0 atom stereocenters. The first-order valence-electron chi connectivity index (χ1n) is 6.55. The Kier molecular flexibility index (Phi) is 6.40. The molecule has 0 aromatic carbocycles. The molecule has 0 unspecified atom stereocenters. The molecule has 0 aliphatic carbocycles. The number of piperidine rings is 1. The van der Waals surface area contributed by atoms with Gasteiger partial charge >= 0.3 is 0 Å². The van der Waals surface area contributed by atoms with Crippen LogP contribution in [0.25, 0.3) is 0 Å². The van der Waals surface area contributed by atoms with Crippen molar-refractivity contribution in [2.75, 3.05) is 26.2 Å². The average molecular weight is 263 g/mol. The van der Waals surface area contributed by atoms with Crippen molar-refractivity contribution in [2.45, 2.75) is 39.0 Å². The topological polar surface area (TPSA) is 75.4 Å². The van der Waals surface area contributed by atoms with Crippen LogP contribution < -0.4 is 10.5 Å². The highest BCUT2D eigenvalue weighted by Gasteiger charge is 2.26. The fourth-order valence-electron chi connectivity index (χ4n) is 2.05. The Morgan fingerprint density at radius 2 is 1.94 bits per heavy atom. The first kappa shape index (κ1) is 14.9. The molecule has 5 nitrogen and oxygen atoms in total. The zero-order chi connectivity index (χ0) is 12.7. The monoisotopic (exact) mass is 263 g/mol. The first-order chi connectivity index (χ1) is 8.10. The molecule has 17 heavy (non-hydrogen) atoms. The molecule has 0 spiro atoms. The Balaban J connectivity index is 2.33. The Labute approximate surface area is 105 Å². The molecule has 0 aromatic rings. The van der Waals surface area contributed by atoms with Gasteiger partial charge in [0, 0.05) is 19.6 Å². The summed E-state index contributed by atoms with van der Waals surface area (Å²) in [4.78, 5) is 0. The normalized spacial score (nSPS) is 19.6. The van der Waals surface area contributed by atoms with Crippen LogP contribution in [0.2, 0.25) is 0 Å². The lowest BCUT2D eigenvalue weighted by Gasteiger charge is -2.30. The van der Waals surface area contributed by atoms with Crippen LogP contribution in [0.5, 0.6) is 0 Å². The smallest absolute Gasteiger partial charge is 0.279 e. The molecule has 0 saturated carbocycles. The number of nitrogens with two attached hydrogens (primary N) is 1. The SMILES string of the molecule is CCCCCNS(=O)(=O)N1CCC(CN)CC1. The van der Waals surface area contributed by atoms with Crippen molar-refractivity contribution in [1.29, 1.82) is 0 Å². The summed E-state index contributed by atoms with van der Waals surface area (Å²) in [5.41, 5.74) is 5.59. The van der Waals surface area contributed by atoms with Gasteiger partial charge < -0.3 is 5.73 Å². The molecule has 1 fully saturated rings. The number of unbranched alkanes of at least 4 members (excludes halogenated alkanes) is 2. The quantitative estimate of drug-likeness (QED) is 0.663. The van der Waals surface area contributed by atoms with Crippen molar-refractivity contribution < 1.29 is 8.42 Å². The van der Waals surface area contributed by atoms with Crippen LogP contribution >= 0.6 is 0 Å². The summed E-state index contributed by atoms with van der Waals surface area (Å²) in [6.07, 6.45) is 4.84. The van der Waals surface area contributed by atoms with Gasteiger partial charge in [-0.15, -0.1) is 0 Å². The number of hydrogen-bond donors (Lipinski definition) is 2. The van der Waals surface area contributed by atoms with Gasteiger partial charge in [-0.05, 0) is 31.7 Å². The van der Waals surface area contributed by atoms with Gasteiger partial charge in [0.15, 0.2) is 0 Å². The molecule has 1 aliphatic heterocycles. The van der Waals surface area contributed by atoms with Gasteiger partial charge in [0.1, 0.15) is 0 Å². The second-order valence-corrected chi connectivity index (χ2v) is 6.44. The van der Waals surface area contributed by atoms with Gasteiger partial charge in [-0.1, -0.05) is 19.8 Å². The second kappa shape index (κ2) is 7.31. The van der Waals surface area contributed by atoms with Crippen molar-refractivity contribution in [3.63, 3.8) is 0 Å². The van der Waals surface area contributed by atoms with Crippen LogP contribution in [-0.2, 0) is 10.2 Å². The van der Waals surface area contributed by atoms with E-state index in [4.69, 9.17) is 5.73 Å². The van der Waals surface area contributed by atoms with Crippen LogP contribution in [0.15, 0.2) is 0 Å². The Morgan fingerprint density at radius 1 is 1.29 bits per heavy atom. The highest BCUT2D eigenvalue weighted by Crippen LogP contribution is 2.17. The summed E-state index contributed by atoms with van der Waals surface area (Å²) in [6, 6.07) is 0. The maximum Gasteiger partial charge on any atom is 0.279 e. The number of rotatable bonds is 7. The molecule has 1 heterocycles. The van der Waals surface area contributed by atoms with Crippen LogP contribution in [0, 0.1) is 5.92 Å². The van der Waals surface area contributed by atoms with E-state index in [0.29, 0.717) is 32.1 Å². The average Bonchev–Trinajstić information content (AvgIpc) is 2.35. The van der Waals surface area contributed by atoms with Crippen molar-refractivity contribution in [3.8, 4) is 0 Å². The van der Waals surface area contributed by atoms with E-state index in [9.17, 15) is 8.42 Å². The van der Waals surface area contributed by atoms with Crippen LogP contribution in [0.4, 0.5) is 0 Å². The van der Waals surface area contributed by atoms with E-state index in [-0.39, 0.29) is 0 Å². The minimum Gasteiger partial charge on any atom is -0.330 e. The standard InChI is InChI=1S/C11H25N3O2S/c1-2-3-4-7-13-17(15,16)14-8-5-11(10-12)6-9-14/h11,13H,2-10,12H2,1H3. The van der Waals surface area contributed by atoms with Gasteiger partial charge in [-0.25, -0.2) is 4.72 Å². The van der Waals surface area contributed by atoms with Crippen molar-refractivity contribution in [3.05, 3.63) is 0 Å². The number of nitrogens with zero attached hydrogens (tertiary/aromatic N) is 1. The van der Waals surface area contributed by atoms with E-state index in [1.54, 1.807) is 4.31 Å². The van der Waals surface area contributed by atoms with Gasteiger partial charge in [0.25, 0.3) is 10.2 Å². The predicted octanol–water partition coefficient (Wildman–Crippen LogP) is 0.682. The molecule has 0 radical (unpaired) electrons. The predicted molar refractivity (Wildman–Crippen MR) is 69.8 cm³/mol. The molecule has 3 N–H and O–H groups in total. The fraction of sp³-hybridized carbons (Fsp3) is 1.00. The first-order valence-corrected chi connectivity index (χ1v) is 7.99. The zero-order valence-electron chi connectivity index (χ0n) is 10.7. The molecule has 1 rings (SSSR count). The Hall–Kier alpha value is -0.170. The largest absolute Gasteiger partial charge is 0.330 e. The van der Waals surface area contributed by atoms with E-state index in [1.165, 1.54) is 0 Å². The van der Waals surface area contributed by atoms with E-state index in [0.717, 1.165) is 32.1 Å². The minimum absolute atomic E-state index is 0.488. The van der Waals surface area contributed by atoms with Gasteiger partial charge in [0.2, 0.25) is 0 Å². The third kappa shape index (κ3) is 4.91. The lowest BCUT2D eigenvalue weighted by atomic mass is 9.99. The summed E-state index contributed by atoms with van der Waals surface area (Å²) >= 11 is 0. The van der Waals surface area contributed by atoms with Gasteiger partial charge in [0.05, 0.1) is 0 Å². The zero-order valence-corrected chi connectivity index (χ0v) is 11.5. The number of hydrogen-bond acceptors (Lipinski definition) is 3. The number of nitrogens with one attached hydrogen (secondary N) is 1. The summed E-state index contributed by atoms with van der Waals surface area (Å²) < 4.78 is 28.1. The van der Waals surface area contributed by atoms with Crippen LogP contribution in [-0.4, -0.2) is 38.9 Å². The third-order valence-electron chi connectivity index (χ3n) is 3.31. The maximum atomic E-state index is 11.9. The maximum absolute atomic E-state index is 11.9. The van der Waals surface area contributed by atoms with E-state index in [2.05, 4.69) is 11.6 Å². The van der Waals surface area contributed by atoms with Crippen molar-refractivity contribution in [1.82, 2.24) is 9.03 Å². The highest BCUT2D eigenvalue weighted by atomic mass is 32.2. The molecule has 102 valence electrons. The highest BCUT2D eigenvalue weighted by molar-refractivity contribution is 7.87. The Bertz CT molecular complexity index is 298. The lowest BCUT2D eigenvalue weighted by Crippen LogP contribution is -2.46. The molecule has 1 aliphatic rings. The third-order valence-corrected chi connectivity index (χ3v) is 4.93. The second-order valence-electron chi connectivity index (χ2n) is 4.68. The molecule has 0 amide bonds. The molecule has 1 saturated heterocycles. The van der Waals surface area contributed by atoms with Gasteiger partial charge in [-0.3, -0.25) is 0 Å². The van der Waals surface area contributed by atoms with Crippen molar-refractivity contribution >= 4 is 10.2 Å². The van der Waals surface area contributed by atoms with Crippen LogP contribution in [0.1, 0.15) is 39.0 Å². The fourth-order valence-corrected chi connectivity index (χ4v) is 3.33.